The maximum absolute atomic E-state index is 12.7. The van der Waals surface area contributed by atoms with Gasteiger partial charge >= 0.3 is 0 Å². The number of hydrogen-bond donors (Lipinski definition) is 0. The maximum atomic E-state index is 12.7. The summed E-state index contributed by atoms with van der Waals surface area (Å²) in [5.74, 6) is 1.22. The predicted molar refractivity (Wildman–Crippen MR) is 99.5 cm³/mol. The molecule has 0 aromatic carbocycles. The monoisotopic (exact) mass is 348 g/mol. The Morgan fingerprint density at radius 3 is 2.20 bits per heavy atom. The third kappa shape index (κ3) is 4.39. The molecule has 0 aromatic rings. The number of nitrogens with zero attached hydrogens (tertiary/aromatic N) is 2. The lowest BCUT2D eigenvalue weighted by Gasteiger charge is -2.36. The van der Waals surface area contributed by atoms with E-state index < -0.39 is 0 Å². The van der Waals surface area contributed by atoms with Gasteiger partial charge in [-0.15, -0.1) is 0 Å². The minimum Gasteiger partial charge on any atom is -0.365 e. The molecule has 4 fully saturated rings. The van der Waals surface area contributed by atoms with E-state index in [1.54, 1.807) is 0 Å². The Morgan fingerprint density at radius 1 is 0.800 bits per heavy atom. The molecule has 2 aliphatic carbocycles. The highest BCUT2D eigenvalue weighted by Crippen LogP contribution is 2.30. The summed E-state index contributed by atoms with van der Waals surface area (Å²) in [6, 6.07) is 0.512. The Labute approximate surface area is 153 Å². The van der Waals surface area contributed by atoms with Crippen molar-refractivity contribution < 1.29 is 9.53 Å². The van der Waals surface area contributed by atoms with Crippen molar-refractivity contribution in [2.75, 3.05) is 26.2 Å². The molecule has 0 radical (unpaired) electrons. The van der Waals surface area contributed by atoms with Crippen LogP contribution >= 0.6 is 0 Å². The van der Waals surface area contributed by atoms with Crippen molar-refractivity contribution in [1.82, 2.24) is 9.80 Å². The highest BCUT2D eigenvalue weighted by Gasteiger charge is 2.39. The summed E-state index contributed by atoms with van der Waals surface area (Å²) in [5.41, 5.74) is 0. The second-order valence-electron chi connectivity index (χ2n) is 8.89. The lowest BCUT2D eigenvalue weighted by Crippen LogP contribution is -2.43. The molecular formula is C21H36N2O2. The van der Waals surface area contributed by atoms with Crippen molar-refractivity contribution >= 4 is 5.91 Å². The van der Waals surface area contributed by atoms with Crippen LogP contribution in [0.2, 0.25) is 0 Å². The number of likely N-dealkylation sites (tertiary alicyclic amines) is 2. The van der Waals surface area contributed by atoms with Gasteiger partial charge in [0, 0.05) is 38.6 Å². The zero-order chi connectivity index (χ0) is 17.1. The Bertz CT molecular complexity index is 435. The molecule has 25 heavy (non-hydrogen) atoms. The van der Waals surface area contributed by atoms with E-state index >= 15 is 0 Å². The van der Waals surface area contributed by atoms with Gasteiger partial charge in [0.2, 0.25) is 0 Å². The Kier molecular flexibility index (Phi) is 5.97. The van der Waals surface area contributed by atoms with Crippen molar-refractivity contribution in [2.45, 2.75) is 95.3 Å². The summed E-state index contributed by atoms with van der Waals surface area (Å²) in [7, 11) is 0. The summed E-state index contributed by atoms with van der Waals surface area (Å²) in [6.45, 7) is 4.54. The number of ether oxygens (including phenoxy) is 1. The van der Waals surface area contributed by atoms with Crippen LogP contribution in [-0.4, -0.2) is 60.1 Å². The molecule has 0 aromatic heterocycles. The summed E-state index contributed by atoms with van der Waals surface area (Å²) in [5, 5.41) is 0. The molecule has 2 aliphatic heterocycles. The normalized spacial score (nSPS) is 31.3. The number of carbonyl (C=O) groups excluding carboxylic acids is 1. The average Bonchev–Trinajstić information content (AvgIpc) is 3.28. The maximum Gasteiger partial charge on any atom is 0.252 e. The van der Waals surface area contributed by atoms with Crippen LogP contribution in [0.4, 0.5) is 0 Å². The van der Waals surface area contributed by atoms with E-state index in [1.165, 1.54) is 64.3 Å². The van der Waals surface area contributed by atoms with Crippen LogP contribution in [0.3, 0.4) is 0 Å². The first-order chi connectivity index (χ1) is 12.3. The molecule has 2 saturated carbocycles. The molecule has 0 spiro atoms. The summed E-state index contributed by atoms with van der Waals surface area (Å²) in [6.07, 6.45) is 15.5. The Hall–Kier alpha value is -0.610. The SMILES string of the molecule is O=C1C(OC2CCN(CC3CCCCC3)CC2)CCN1C1CCCC1. The number of piperidine rings is 1. The van der Waals surface area contributed by atoms with Gasteiger partial charge in [0.15, 0.2) is 0 Å². The fraction of sp³-hybridized carbons (Fsp3) is 0.952. The average molecular weight is 349 g/mol. The quantitative estimate of drug-likeness (QED) is 0.761. The van der Waals surface area contributed by atoms with E-state index in [0.717, 1.165) is 44.8 Å². The first-order valence-corrected chi connectivity index (χ1v) is 11.0. The van der Waals surface area contributed by atoms with Crippen molar-refractivity contribution in [3.63, 3.8) is 0 Å². The smallest absolute Gasteiger partial charge is 0.252 e. The van der Waals surface area contributed by atoms with E-state index in [-0.39, 0.29) is 12.0 Å². The minimum absolute atomic E-state index is 0.143. The van der Waals surface area contributed by atoms with Gasteiger partial charge in [0.1, 0.15) is 6.10 Å². The zero-order valence-electron chi connectivity index (χ0n) is 15.8. The molecule has 1 atom stereocenters. The minimum atomic E-state index is -0.143. The zero-order valence-corrected chi connectivity index (χ0v) is 15.8. The van der Waals surface area contributed by atoms with Crippen LogP contribution in [0, 0.1) is 5.92 Å². The molecule has 4 heteroatoms. The number of amides is 1. The van der Waals surface area contributed by atoms with Gasteiger partial charge in [-0.25, -0.2) is 0 Å². The van der Waals surface area contributed by atoms with Gasteiger partial charge in [-0.05, 0) is 44.4 Å². The van der Waals surface area contributed by atoms with E-state index in [2.05, 4.69) is 9.80 Å². The number of rotatable bonds is 5. The molecule has 4 nitrogen and oxygen atoms in total. The molecule has 0 N–H and O–H groups in total. The lowest BCUT2D eigenvalue weighted by atomic mass is 9.88. The van der Waals surface area contributed by atoms with Gasteiger partial charge in [-0.2, -0.15) is 0 Å². The predicted octanol–water partition coefficient (Wildman–Crippen LogP) is 3.59. The first-order valence-electron chi connectivity index (χ1n) is 11.0. The molecule has 0 bridgehead atoms. The van der Waals surface area contributed by atoms with Gasteiger partial charge < -0.3 is 14.5 Å². The fourth-order valence-electron chi connectivity index (χ4n) is 5.57. The third-order valence-electron chi connectivity index (χ3n) is 7.09. The van der Waals surface area contributed by atoms with E-state index in [4.69, 9.17) is 4.74 Å². The molecule has 2 saturated heterocycles. The van der Waals surface area contributed by atoms with Gasteiger partial charge in [-0.1, -0.05) is 32.1 Å². The fourth-order valence-corrected chi connectivity index (χ4v) is 5.57. The van der Waals surface area contributed by atoms with Gasteiger partial charge in [-0.3, -0.25) is 4.79 Å². The van der Waals surface area contributed by atoms with Gasteiger partial charge in [0.05, 0.1) is 6.10 Å². The van der Waals surface area contributed by atoms with Crippen LogP contribution in [0.1, 0.15) is 77.0 Å². The highest BCUT2D eigenvalue weighted by molar-refractivity contribution is 5.83. The van der Waals surface area contributed by atoms with Crippen LogP contribution in [0.5, 0.6) is 0 Å². The van der Waals surface area contributed by atoms with Crippen molar-refractivity contribution in [3.8, 4) is 0 Å². The van der Waals surface area contributed by atoms with E-state index in [1.807, 2.05) is 0 Å². The topological polar surface area (TPSA) is 32.8 Å². The lowest BCUT2D eigenvalue weighted by molar-refractivity contribution is -0.143. The molecule has 1 unspecified atom stereocenters. The highest BCUT2D eigenvalue weighted by atomic mass is 16.5. The van der Waals surface area contributed by atoms with Crippen LogP contribution in [-0.2, 0) is 9.53 Å². The van der Waals surface area contributed by atoms with Crippen LogP contribution in [0.25, 0.3) is 0 Å². The molecule has 4 aliphatic rings. The summed E-state index contributed by atoms with van der Waals surface area (Å²) >= 11 is 0. The van der Waals surface area contributed by atoms with Crippen molar-refractivity contribution in [1.29, 1.82) is 0 Å². The largest absolute Gasteiger partial charge is 0.365 e. The van der Waals surface area contributed by atoms with Crippen LogP contribution in [0.15, 0.2) is 0 Å². The first kappa shape index (κ1) is 17.8. The second kappa shape index (κ2) is 8.39. The van der Waals surface area contributed by atoms with Crippen LogP contribution < -0.4 is 0 Å². The molecule has 4 rings (SSSR count). The molecular weight excluding hydrogens is 312 g/mol. The summed E-state index contributed by atoms with van der Waals surface area (Å²) in [4.78, 5) is 17.5. The molecule has 1 amide bonds. The standard InChI is InChI=1S/C21H36N2O2/c24-21-20(12-15-23(21)18-8-4-5-9-18)25-19-10-13-22(14-11-19)16-17-6-2-1-3-7-17/h17-20H,1-16H2. The molecule has 142 valence electrons. The third-order valence-corrected chi connectivity index (χ3v) is 7.09. The van der Waals surface area contributed by atoms with E-state index in [0.29, 0.717) is 12.1 Å². The number of carbonyl (C=O) groups is 1. The Balaban J connectivity index is 1.19. The summed E-state index contributed by atoms with van der Waals surface area (Å²) < 4.78 is 6.27. The van der Waals surface area contributed by atoms with Crippen molar-refractivity contribution in [3.05, 3.63) is 0 Å². The van der Waals surface area contributed by atoms with Crippen molar-refractivity contribution in [2.24, 2.45) is 5.92 Å². The van der Waals surface area contributed by atoms with Gasteiger partial charge in [0.25, 0.3) is 5.91 Å². The Morgan fingerprint density at radius 2 is 1.48 bits per heavy atom. The second-order valence-corrected chi connectivity index (χ2v) is 8.89. The van der Waals surface area contributed by atoms with E-state index in [9.17, 15) is 4.79 Å². The number of hydrogen-bond acceptors (Lipinski definition) is 3. The molecule has 2 heterocycles.